The number of aliphatic carboxylic acids is 1. The van der Waals surface area contributed by atoms with E-state index in [1.54, 1.807) is 15.8 Å². The van der Waals surface area contributed by atoms with Crippen LogP contribution in [0.1, 0.15) is 23.3 Å². The van der Waals surface area contributed by atoms with Gasteiger partial charge in [-0.3, -0.25) is 9.59 Å². The van der Waals surface area contributed by atoms with Crippen molar-refractivity contribution in [3.63, 3.8) is 0 Å². The predicted molar refractivity (Wildman–Crippen MR) is 58.4 cm³/mol. The van der Waals surface area contributed by atoms with Crippen LogP contribution in [0.15, 0.2) is 10.9 Å². The molecule has 2 heterocycles. The Morgan fingerprint density at radius 1 is 1.56 bits per heavy atom. The van der Waals surface area contributed by atoms with E-state index in [0.29, 0.717) is 25.2 Å². The van der Waals surface area contributed by atoms with E-state index in [2.05, 4.69) is 4.98 Å². The second-order valence-corrected chi connectivity index (χ2v) is 4.52. The number of thiazole rings is 1. The largest absolute Gasteiger partial charge is 0.481 e. The highest BCUT2D eigenvalue weighted by atomic mass is 32.1. The molecule has 2 rings (SSSR count). The Kier molecular flexibility index (Phi) is 3.19. The van der Waals surface area contributed by atoms with Crippen LogP contribution in [0.2, 0.25) is 0 Å². The van der Waals surface area contributed by atoms with Crippen LogP contribution < -0.4 is 0 Å². The molecular formula is C10H12N2O3S. The van der Waals surface area contributed by atoms with E-state index in [9.17, 15) is 9.59 Å². The first-order valence-corrected chi connectivity index (χ1v) is 6.03. The fraction of sp³-hybridized carbons (Fsp3) is 0.500. The first-order chi connectivity index (χ1) is 7.68. The fourth-order valence-electron chi connectivity index (χ4n) is 1.84. The van der Waals surface area contributed by atoms with Crippen molar-refractivity contribution < 1.29 is 14.7 Å². The van der Waals surface area contributed by atoms with Gasteiger partial charge in [0.2, 0.25) is 0 Å². The van der Waals surface area contributed by atoms with Crippen LogP contribution in [0.4, 0.5) is 0 Å². The summed E-state index contributed by atoms with van der Waals surface area (Å²) in [6.45, 7) is 0.922. The number of nitrogens with zero attached hydrogens (tertiary/aromatic N) is 2. The number of likely N-dealkylation sites (tertiary alicyclic amines) is 1. The van der Waals surface area contributed by atoms with Gasteiger partial charge in [0.05, 0.1) is 11.4 Å². The van der Waals surface area contributed by atoms with Crippen molar-refractivity contribution in [1.82, 2.24) is 9.88 Å². The van der Waals surface area contributed by atoms with Crippen molar-refractivity contribution >= 4 is 23.2 Å². The minimum Gasteiger partial charge on any atom is -0.481 e. The lowest BCUT2D eigenvalue weighted by Crippen LogP contribution is -2.42. The van der Waals surface area contributed by atoms with E-state index in [-0.39, 0.29) is 5.91 Å². The molecule has 1 aromatic rings. The average molecular weight is 240 g/mol. The van der Waals surface area contributed by atoms with Crippen LogP contribution in [0.3, 0.4) is 0 Å². The lowest BCUT2D eigenvalue weighted by atomic mass is 9.98. The molecule has 0 radical (unpaired) electrons. The van der Waals surface area contributed by atoms with Gasteiger partial charge in [-0.05, 0) is 12.8 Å². The smallest absolute Gasteiger partial charge is 0.308 e. The van der Waals surface area contributed by atoms with Crippen molar-refractivity contribution in [2.45, 2.75) is 12.8 Å². The molecule has 0 unspecified atom stereocenters. The topological polar surface area (TPSA) is 70.5 Å². The molecule has 1 aromatic heterocycles. The molecule has 1 saturated heterocycles. The number of carbonyl (C=O) groups excluding carboxylic acids is 1. The zero-order valence-electron chi connectivity index (χ0n) is 8.63. The molecule has 1 aliphatic heterocycles. The molecule has 86 valence electrons. The van der Waals surface area contributed by atoms with Crippen molar-refractivity contribution in [2.24, 2.45) is 5.92 Å². The highest BCUT2D eigenvalue weighted by Crippen LogP contribution is 2.18. The monoisotopic (exact) mass is 240 g/mol. The van der Waals surface area contributed by atoms with Gasteiger partial charge < -0.3 is 10.0 Å². The normalized spacial score (nSPS) is 20.8. The lowest BCUT2D eigenvalue weighted by Gasteiger charge is -2.30. The third-order valence-corrected chi connectivity index (χ3v) is 3.30. The number of rotatable bonds is 2. The molecule has 1 N–H and O–H groups in total. The molecule has 0 saturated carbocycles. The maximum atomic E-state index is 11.9. The Bertz CT molecular complexity index is 391. The van der Waals surface area contributed by atoms with Gasteiger partial charge in [0.25, 0.3) is 5.91 Å². The zero-order valence-corrected chi connectivity index (χ0v) is 9.44. The summed E-state index contributed by atoms with van der Waals surface area (Å²) in [5.41, 5.74) is 2.02. The van der Waals surface area contributed by atoms with Gasteiger partial charge in [0.15, 0.2) is 0 Å². The minimum atomic E-state index is -0.823. The van der Waals surface area contributed by atoms with Crippen LogP contribution in [0, 0.1) is 5.92 Å². The molecule has 1 atom stereocenters. The summed E-state index contributed by atoms with van der Waals surface area (Å²) in [5.74, 6) is -1.42. The Balaban J connectivity index is 2.05. The SMILES string of the molecule is O=C(O)[C@@H]1CCCN(C(=O)c2cscn2)C1. The molecule has 0 spiro atoms. The molecule has 0 bridgehead atoms. The van der Waals surface area contributed by atoms with Crippen molar-refractivity contribution in [2.75, 3.05) is 13.1 Å². The second-order valence-electron chi connectivity index (χ2n) is 3.80. The summed E-state index contributed by atoms with van der Waals surface area (Å²) < 4.78 is 0. The van der Waals surface area contributed by atoms with Gasteiger partial charge in [0.1, 0.15) is 5.69 Å². The van der Waals surface area contributed by atoms with Crippen molar-refractivity contribution in [3.8, 4) is 0 Å². The maximum Gasteiger partial charge on any atom is 0.308 e. The Hall–Kier alpha value is -1.43. The Morgan fingerprint density at radius 2 is 2.38 bits per heavy atom. The Morgan fingerprint density at radius 3 is 3.00 bits per heavy atom. The van der Waals surface area contributed by atoms with E-state index in [4.69, 9.17) is 5.11 Å². The minimum absolute atomic E-state index is 0.160. The number of aromatic nitrogens is 1. The first kappa shape index (κ1) is 11.1. The predicted octanol–water partition coefficient (Wildman–Crippen LogP) is 1.08. The molecule has 1 aliphatic rings. The van der Waals surface area contributed by atoms with E-state index in [1.807, 2.05) is 0 Å². The van der Waals surface area contributed by atoms with Crippen LogP contribution in [0.25, 0.3) is 0 Å². The number of carboxylic acid groups (broad SMARTS) is 1. The number of hydrogen-bond donors (Lipinski definition) is 1. The Labute approximate surface area is 96.7 Å². The van der Waals surface area contributed by atoms with Gasteiger partial charge in [-0.2, -0.15) is 0 Å². The molecule has 0 aliphatic carbocycles. The quantitative estimate of drug-likeness (QED) is 0.839. The zero-order chi connectivity index (χ0) is 11.5. The summed E-state index contributed by atoms with van der Waals surface area (Å²) in [6, 6.07) is 0. The van der Waals surface area contributed by atoms with Gasteiger partial charge in [-0.15, -0.1) is 11.3 Å². The van der Waals surface area contributed by atoms with Gasteiger partial charge in [-0.1, -0.05) is 0 Å². The van der Waals surface area contributed by atoms with E-state index in [1.165, 1.54) is 11.3 Å². The standard InChI is InChI=1S/C10H12N2O3S/c13-9(8-5-16-6-11-8)12-3-1-2-7(4-12)10(14)15/h5-7H,1-4H2,(H,14,15)/t7-/m1/s1. The average Bonchev–Trinajstić information content (AvgIpc) is 2.81. The summed E-state index contributed by atoms with van der Waals surface area (Å²) in [5, 5.41) is 10.6. The maximum absolute atomic E-state index is 11.9. The highest BCUT2D eigenvalue weighted by molar-refractivity contribution is 7.07. The molecular weight excluding hydrogens is 228 g/mol. The van der Waals surface area contributed by atoms with E-state index < -0.39 is 11.9 Å². The lowest BCUT2D eigenvalue weighted by molar-refractivity contribution is -0.143. The van der Waals surface area contributed by atoms with Crippen LogP contribution in [-0.4, -0.2) is 40.0 Å². The molecule has 16 heavy (non-hydrogen) atoms. The number of carbonyl (C=O) groups is 2. The van der Waals surface area contributed by atoms with Crippen LogP contribution in [0.5, 0.6) is 0 Å². The third-order valence-electron chi connectivity index (χ3n) is 2.71. The third kappa shape index (κ3) is 2.21. The highest BCUT2D eigenvalue weighted by Gasteiger charge is 2.29. The van der Waals surface area contributed by atoms with E-state index in [0.717, 1.165) is 6.42 Å². The fourth-order valence-corrected chi connectivity index (χ4v) is 2.37. The van der Waals surface area contributed by atoms with Gasteiger partial charge in [-0.25, -0.2) is 4.98 Å². The number of amides is 1. The number of carboxylic acids is 1. The summed E-state index contributed by atoms with van der Waals surface area (Å²) in [7, 11) is 0. The first-order valence-electron chi connectivity index (χ1n) is 5.08. The van der Waals surface area contributed by atoms with Crippen LogP contribution in [-0.2, 0) is 4.79 Å². The molecule has 1 fully saturated rings. The number of piperidine rings is 1. The van der Waals surface area contributed by atoms with Crippen molar-refractivity contribution in [3.05, 3.63) is 16.6 Å². The molecule has 5 nitrogen and oxygen atoms in total. The summed E-state index contributed by atoms with van der Waals surface area (Å²) in [6.07, 6.45) is 1.39. The van der Waals surface area contributed by atoms with Crippen molar-refractivity contribution in [1.29, 1.82) is 0 Å². The van der Waals surface area contributed by atoms with Gasteiger partial charge in [0, 0.05) is 18.5 Å². The molecule has 1 amide bonds. The molecule has 0 aromatic carbocycles. The van der Waals surface area contributed by atoms with Crippen LogP contribution >= 0.6 is 11.3 Å². The van der Waals surface area contributed by atoms with E-state index >= 15 is 0 Å². The molecule has 6 heteroatoms. The van der Waals surface area contributed by atoms with Gasteiger partial charge >= 0.3 is 5.97 Å². The number of hydrogen-bond acceptors (Lipinski definition) is 4. The second kappa shape index (κ2) is 4.61. The summed E-state index contributed by atoms with van der Waals surface area (Å²) in [4.78, 5) is 28.3. The summed E-state index contributed by atoms with van der Waals surface area (Å²) >= 11 is 1.36.